The van der Waals surface area contributed by atoms with Crippen LogP contribution in [0.2, 0.25) is 0 Å². The number of aryl methyl sites for hydroxylation is 2. The Balaban J connectivity index is 3.03. The second-order valence-electron chi connectivity index (χ2n) is 2.17. The van der Waals surface area contributed by atoms with Gasteiger partial charge >= 0.3 is 0 Å². The second kappa shape index (κ2) is 2.69. The number of nitrogens with zero attached hydrogens (tertiary/aromatic N) is 1. The van der Waals surface area contributed by atoms with Crippen molar-refractivity contribution in [2.45, 2.75) is 20.8 Å². The highest BCUT2D eigenvalue weighted by Crippen LogP contribution is 2.09. The van der Waals surface area contributed by atoms with Gasteiger partial charge in [-0.2, -0.15) is 0 Å². The van der Waals surface area contributed by atoms with Gasteiger partial charge in [-0.3, -0.25) is 0 Å². The summed E-state index contributed by atoms with van der Waals surface area (Å²) >= 11 is 0. The fourth-order valence-electron chi connectivity index (χ4n) is 0.858. The zero-order chi connectivity index (χ0) is 7.56. The Morgan fingerprint density at radius 2 is 2.10 bits per heavy atom. The van der Waals surface area contributed by atoms with Crippen molar-refractivity contribution in [1.82, 2.24) is 4.98 Å². The largest absolute Gasteiger partial charge is 0.446 e. The van der Waals surface area contributed by atoms with E-state index in [4.69, 9.17) is 4.42 Å². The molecule has 0 fully saturated rings. The molecule has 0 aromatic carbocycles. The van der Waals surface area contributed by atoms with Gasteiger partial charge < -0.3 is 4.42 Å². The van der Waals surface area contributed by atoms with Crippen LogP contribution >= 0.6 is 0 Å². The van der Waals surface area contributed by atoms with Gasteiger partial charge in [-0.1, -0.05) is 6.08 Å². The van der Waals surface area contributed by atoms with E-state index >= 15 is 0 Å². The lowest BCUT2D eigenvalue weighted by Gasteiger charge is -1.81. The molecule has 0 spiro atoms. The second-order valence-corrected chi connectivity index (χ2v) is 2.17. The van der Waals surface area contributed by atoms with Crippen molar-refractivity contribution in [3.05, 3.63) is 23.4 Å². The van der Waals surface area contributed by atoms with Gasteiger partial charge in [0.2, 0.25) is 0 Å². The monoisotopic (exact) mass is 137 g/mol. The summed E-state index contributed by atoms with van der Waals surface area (Å²) in [7, 11) is 0. The molecule has 0 aliphatic carbocycles. The average Bonchev–Trinajstić information content (AvgIpc) is 2.13. The number of oxazole rings is 1. The van der Waals surface area contributed by atoms with E-state index in [2.05, 4.69) is 4.98 Å². The number of hydrogen-bond acceptors (Lipinski definition) is 2. The first-order valence-corrected chi connectivity index (χ1v) is 3.30. The van der Waals surface area contributed by atoms with Crippen molar-refractivity contribution in [2.75, 3.05) is 0 Å². The van der Waals surface area contributed by atoms with E-state index in [1.165, 1.54) is 0 Å². The first-order chi connectivity index (χ1) is 4.74. The third-order valence-electron chi connectivity index (χ3n) is 1.26. The van der Waals surface area contributed by atoms with Gasteiger partial charge in [-0.25, -0.2) is 4.98 Å². The lowest BCUT2D eigenvalue weighted by molar-refractivity contribution is 0.494. The molecule has 0 N–H and O–H groups in total. The molecule has 0 amide bonds. The maximum atomic E-state index is 5.20. The maximum Gasteiger partial charge on any atom is 0.191 e. The van der Waals surface area contributed by atoms with Crippen LogP contribution < -0.4 is 0 Å². The first-order valence-electron chi connectivity index (χ1n) is 3.30. The SMILES string of the molecule is C/C=C\c1nc(C)oc1C. The molecule has 2 heteroatoms. The van der Waals surface area contributed by atoms with E-state index in [-0.39, 0.29) is 0 Å². The van der Waals surface area contributed by atoms with Crippen molar-refractivity contribution in [1.29, 1.82) is 0 Å². The molecule has 0 radical (unpaired) electrons. The summed E-state index contributed by atoms with van der Waals surface area (Å²) < 4.78 is 5.20. The van der Waals surface area contributed by atoms with E-state index in [0.29, 0.717) is 0 Å². The third kappa shape index (κ3) is 1.26. The summed E-state index contributed by atoms with van der Waals surface area (Å²) in [6, 6.07) is 0. The summed E-state index contributed by atoms with van der Waals surface area (Å²) in [5.41, 5.74) is 0.931. The van der Waals surface area contributed by atoms with Gasteiger partial charge in [0, 0.05) is 6.92 Å². The van der Waals surface area contributed by atoms with E-state index in [0.717, 1.165) is 17.3 Å². The maximum absolute atomic E-state index is 5.20. The molecule has 0 aliphatic rings. The highest BCUT2D eigenvalue weighted by molar-refractivity contribution is 5.45. The minimum Gasteiger partial charge on any atom is -0.446 e. The van der Waals surface area contributed by atoms with Crippen LogP contribution in [0.5, 0.6) is 0 Å². The lowest BCUT2D eigenvalue weighted by atomic mass is 10.3. The predicted octanol–water partition coefficient (Wildman–Crippen LogP) is 2.32. The average molecular weight is 137 g/mol. The van der Waals surface area contributed by atoms with Gasteiger partial charge in [-0.05, 0) is 19.9 Å². The number of rotatable bonds is 1. The molecule has 0 saturated heterocycles. The Kier molecular flexibility index (Phi) is 1.90. The van der Waals surface area contributed by atoms with Crippen LogP contribution in [-0.2, 0) is 0 Å². The van der Waals surface area contributed by atoms with E-state index < -0.39 is 0 Å². The highest BCUT2D eigenvalue weighted by atomic mass is 16.4. The van der Waals surface area contributed by atoms with Crippen molar-refractivity contribution in [3.63, 3.8) is 0 Å². The number of hydrogen-bond donors (Lipinski definition) is 0. The zero-order valence-electron chi connectivity index (χ0n) is 6.51. The molecule has 10 heavy (non-hydrogen) atoms. The summed E-state index contributed by atoms with van der Waals surface area (Å²) in [5, 5.41) is 0. The molecular formula is C8H11NO. The summed E-state index contributed by atoms with van der Waals surface area (Å²) in [6.45, 7) is 5.72. The Labute approximate surface area is 60.6 Å². The molecule has 2 nitrogen and oxygen atoms in total. The summed E-state index contributed by atoms with van der Waals surface area (Å²) in [4.78, 5) is 4.15. The van der Waals surface area contributed by atoms with Gasteiger partial charge in [-0.15, -0.1) is 0 Å². The molecule has 0 bridgehead atoms. The van der Waals surface area contributed by atoms with E-state index in [1.54, 1.807) is 0 Å². The van der Waals surface area contributed by atoms with Crippen LogP contribution in [0, 0.1) is 13.8 Å². The topological polar surface area (TPSA) is 26.0 Å². The molecule has 0 aliphatic heterocycles. The van der Waals surface area contributed by atoms with Crippen molar-refractivity contribution in [2.24, 2.45) is 0 Å². The van der Waals surface area contributed by atoms with Gasteiger partial charge in [0.05, 0.1) is 0 Å². The van der Waals surface area contributed by atoms with Gasteiger partial charge in [0.15, 0.2) is 5.89 Å². The van der Waals surface area contributed by atoms with Crippen molar-refractivity contribution >= 4 is 6.08 Å². The Morgan fingerprint density at radius 1 is 1.40 bits per heavy atom. The molecular weight excluding hydrogens is 126 g/mol. The summed E-state index contributed by atoms with van der Waals surface area (Å²) in [6.07, 6.45) is 3.89. The normalized spacial score (nSPS) is 11.1. The molecule has 0 unspecified atom stereocenters. The smallest absolute Gasteiger partial charge is 0.191 e. The molecule has 54 valence electrons. The standard InChI is InChI=1S/C8H11NO/c1-4-5-8-6(2)10-7(3)9-8/h4-5H,1-3H3/b5-4-. The highest BCUT2D eigenvalue weighted by Gasteiger charge is 2.00. The molecule has 1 rings (SSSR count). The number of allylic oxidation sites excluding steroid dienone is 1. The molecule has 1 aromatic heterocycles. The predicted molar refractivity (Wildman–Crippen MR) is 40.7 cm³/mol. The Bertz CT molecular complexity index is 248. The van der Waals surface area contributed by atoms with Crippen LogP contribution in [0.15, 0.2) is 10.5 Å². The van der Waals surface area contributed by atoms with E-state index in [9.17, 15) is 0 Å². The van der Waals surface area contributed by atoms with Crippen LogP contribution in [0.3, 0.4) is 0 Å². The van der Waals surface area contributed by atoms with Crippen LogP contribution in [0.4, 0.5) is 0 Å². The fourth-order valence-corrected chi connectivity index (χ4v) is 0.858. The van der Waals surface area contributed by atoms with Gasteiger partial charge in [0.1, 0.15) is 11.5 Å². The van der Waals surface area contributed by atoms with Crippen molar-refractivity contribution in [3.8, 4) is 0 Å². The molecule has 0 atom stereocenters. The molecule has 1 heterocycles. The lowest BCUT2D eigenvalue weighted by Crippen LogP contribution is -1.73. The molecule has 0 saturated carbocycles. The minimum absolute atomic E-state index is 0.727. The number of aromatic nitrogens is 1. The van der Waals surface area contributed by atoms with Gasteiger partial charge in [0.25, 0.3) is 0 Å². The Hall–Kier alpha value is -1.05. The quantitative estimate of drug-likeness (QED) is 0.593. The van der Waals surface area contributed by atoms with Crippen molar-refractivity contribution < 1.29 is 4.42 Å². The zero-order valence-corrected chi connectivity index (χ0v) is 6.51. The minimum atomic E-state index is 0.727. The van der Waals surface area contributed by atoms with Crippen LogP contribution in [0.25, 0.3) is 6.08 Å². The molecule has 1 aromatic rings. The first kappa shape index (κ1) is 7.06. The Morgan fingerprint density at radius 3 is 2.50 bits per heavy atom. The van der Waals surface area contributed by atoms with Crippen LogP contribution in [-0.4, -0.2) is 4.98 Å². The van der Waals surface area contributed by atoms with Crippen LogP contribution in [0.1, 0.15) is 24.3 Å². The third-order valence-corrected chi connectivity index (χ3v) is 1.26. The fraction of sp³-hybridized carbons (Fsp3) is 0.375. The van der Waals surface area contributed by atoms with E-state index in [1.807, 2.05) is 32.9 Å². The summed E-state index contributed by atoms with van der Waals surface area (Å²) in [5.74, 6) is 1.61.